The standard InChI is InChI=1S/C11H13N3/c1-8(12-2)9-3-4-10-11(7-9)14-6-5-13-10/h3-8,12H,1-2H3/t8-/m1/s1. The predicted octanol–water partition coefficient (Wildman–Crippen LogP) is 1.91. The lowest BCUT2D eigenvalue weighted by atomic mass is 10.1. The molecule has 0 aliphatic rings. The van der Waals surface area contributed by atoms with Crippen molar-refractivity contribution in [1.82, 2.24) is 15.3 Å². The van der Waals surface area contributed by atoms with Gasteiger partial charge in [0.15, 0.2) is 0 Å². The molecule has 1 atom stereocenters. The Labute approximate surface area is 83.2 Å². The van der Waals surface area contributed by atoms with E-state index in [-0.39, 0.29) is 0 Å². The summed E-state index contributed by atoms with van der Waals surface area (Å²) in [7, 11) is 1.95. The maximum absolute atomic E-state index is 4.27. The van der Waals surface area contributed by atoms with E-state index in [1.165, 1.54) is 5.56 Å². The van der Waals surface area contributed by atoms with Crippen molar-refractivity contribution in [2.45, 2.75) is 13.0 Å². The first-order chi connectivity index (χ1) is 6.81. The summed E-state index contributed by atoms with van der Waals surface area (Å²) in [5.41, 5.74) is 3.13. The SMILES string of the molecule is CN[C@H](C)c1ccc2nccnc2c1. The van der Waals surface area contributed by atoms with Gasteiger partial charge in [-0.1, -0.05) is 6.07 Å². The molecule has 0 aliphatic heterocycles. The van der Waals surface area contributed by atoms with Crippen LogP contribution in [0.5, 0.6) is 0 Å². The molecule has 0 aliphatic carbocycles. The molecule has 0 unspecified atom stereocenters. The summed E-state index contributed by atoms with van der Waals surface area (Å²) in [5, 5.41) is 3.20. The molecule has 0 spiro atoms. The van der Waals surface area contributed by atoms with Crippen molar-refractivity contribution < 1.29 is 0 Å². The van der Waals surface area contributed by atoms with Crippen LogP contribution in [0.2, 0.25) is 0 Å². The fourth-order valence-corrected chi connectivity index (χ4v) is 1.42. The fraction of sp³-hybridized carbons (Fsp3) is 0.273. The van der Waals surface area contributed by atoms with Crippen LogP contribution in [0.25, 0.3) is 11.0 Å². The van der Waals surface area contributed by atoms with Crippen molar-refractivity contribution in [3.05, 3.63) is 36.2 Å². The van der Waals surface area contributed by atoms with Crippen molar-refractivity contribution in [1.29, 1.82) is 0 Å². The van der Waals surface area contributed by atoms with Gasteiger partial charge in [-0.15, -0.1) is 0 Å². The van der Waals surface area contributed by atoms with Crippen molar-refractivity contribution in [2.24, 2.45) is 0 Å². The first-order valence-corrected chi connectivity index (χ1v) is 4.69. The highest BCUT2D eigenvalue weighted by molar-refractivity contribution is 5.74. The summed E-state index contributed by atoms with van der Waals surface area (Å²) < 4.78 is 0. The minimum absolute atomic E-state index is 0.349. The molecule has 1 heterocycles. The van der Waals surface area contributed by atoms with Gasteiger partial charge in [0.2, 0.25) is 0 Å². The van der Waals surface area contributed by atoms with Crippen molar-refractivity contribution in [3.63, 3.8) is 0 Å². The first kappa shape index (κ1) is 9.09. The molecule has 0 bridgehead atoms. The summed E-state index contributed by atoms with van der Waals surface area (Å²) in [6.07, 6.45) is 3.43. The van der Waals surface area contributed by atoms with Gasteiger partial charge in [0.25, 0.3) is 0 Å². The molecule has 72 valence electrons. The molecule has 1 aromatic heterocycles. The Morgan fingerprint density at radius 3 is 2.57 bits per heavy atom. The number of benzene rings is 1. The molecule has 14 heavy (non-hydrogen) atoms. The molecule has 1 aromatic carbocycles. The molecule has 3 nitrogen and oxygen atoms in total. The molecule has 0 amide bonds. The number of fused-ring (bicyclic) bond motifs is 1. The second-order valence-corrected chi connectivity index (χ2v) is 3.31. The van der Waals surface area contributed by atoms with Crippen molar-refractivity contribution >= 4 is 11.0 Å². The number of hydrogen-bond acceptors (Lipinski definition) is 3. The zero-order valence-corrected chi connectivity index (χ0v) is 8.36. The Hall–Kier alpha value is -1.48. The molecule has 0 fully saturated rings. The third kappa shape index (κ3) is 1.59. The van der Waals surface area contributed by atoms with Crippen LogP contribution in [-0.2, 0) is 0 Å². The van der Waals surface area contributed by atoms with Crippen molar-refractivity contribution in [2.75, 3.05) is 7.05 Å². The third-order valence-electron chi connectivity index (χ3n) is 2.43. The number of aromatic nitrogens is 2. The lowest BCUT2D eigenvalue weighted by Crippen LogP contribution is -2.12. The molecule has 0 radical (unpaired) electrons. The Balaban J connectivity index is 2.51. The van der Waals surface area contributed by atoms with E-state index in [0.29, 0.717) is 6.04 Å². The summed E-state index contributed by atoms with van der Waals surface area (Å²) >= 11 is 0. The molecule has 2 rings (SSSR count). The van der Waals surface area contributed by atoms with Gasteiger partial charge in [-0.05, 0) is 31.7 Å². The lowest BCUT2D eigenvalue weighted by molar-refractivity contribution is 0.653. The van der Waals surface area contributed by atoms with Gasteiger partial charge in [-0.25, -0.2) is 0 Å². The van der Waals surface area contributed by atoms with Gasteiger partial charge >= 0.3 is 0 Å². The van der Waals surface area contributed by atoms with Crippen LogP contribution in [0.3, 0.4) is 0 Å². The topological polar surface area (TPSA) is 37.8 Å². The fourth-order valence-electron chi connectivity index (χ4n) is 1.42. The Morgan fingerprint density at radius 1 is 1.14 bits per heavy atom. The van der Waals surface area contributed by atoms with Crippen molar-refractivity contribution in [3.8, 4) is 0 Å². The van der Waals surface area contributed by atoms with Crippen LogP contribution >= 0.6 is 0 Å². The average Bonchev–Trinajstić information content (AvgIpc) is 2.27. The highest BCUT2D eigenvalue weighted by Gasteiger charge is 2.03. The van der Waals surface area contributed by atoms with Gasteiger partial charge in [0.1, 0.15) is 0 Å². The zero-order valence-electron chi connectivity index (χ0n) is 8.36. The molecule has 2 aromatic rings. The van der Waals surface area contributed by atoms with E-state index in [1.807, 2.05) is 13.1 Å². The average molecular weight is 187 g/mol. The summed E-state index contributed by atoms with van der Waals surface area (Å²) in [6, 6.07) is 6.51. The maximum Gasteiger partial charge on any atom is 0.0890 e. The minimum atomic E-state index is 0.349. The summed E-state index contributed by atoms with van der Waals surface area (Å²) in [6.45, 7) is 2.12. The Kier molecular flexibility index (Phi) is 2.41. The van der Waals surface area contributed by atoms with E-state index < -0.39 is 0 Å². The van der Waals surface area contributed by atoms with Crippen LogP contribution in [0.1, 0.15) is 18.5 Å². The predicted molar refractivity (Wildman–Crippen MR) is 57.0 cm³/mol. The van der Waals surface area contributed by atoms with E-state index in [2.05, 4.69) is 34.3 Å². The second kappa shape index (κ2) is 3.72. The molecular weight excluding hydrogens is 174 g/mol. The number of nitrogens with one attached hydrogen (secondary N) is 1. The van der Waals surface area contributed by atoms with Gasteiger partial charge < -0.3 is 5.32 Å². The Bertz CT molecular complexity index is 439. The molecule has 0 saturated carbocycles. The van der Waals surface area contributed by atoms with Gasteiger partial charge in [0.05, 0.1) is 11.0 Å². The lowest BCUT2D eigenvalue weighted by Gasteiger charge is -2.10. The number of hydrogen-bond donors (Lipinski definition) is 1. The van der Waals surface area contributed by atoms with Crippen LogP contribution < -0.4 is 5.32 Å². The van der Waals surface area contributed by atoms with Gasteiger partial charge in [0, 0.05) is 18.4 Å². The molecule has 3 heteroatoms. The smallest absolute Gasteiger partial charge is 0.0890 e. The minimum Gasteiger partial charge on any atom is -0.313 e. The number of rotatable bonds is 2. The first-order valence-electron chi connectivity index (χ1n) is 4.69. The van der Waals surface area contributed by atoms with Crippen LogP contribution in [-0.4, -0.2) is 17.0 Å². The summed E-state index contributed by atoms with van der Waals surface area (Å²) in [4.78, 5) is 8.49. The van der Waals surface area contributed by atoms with E-state index in [0.717, 1.165) is 11.0 Å². The quantitative estimate of drug-likeness (QED) is 0.780. The monoisotopic (exact) mass is 187 g/mol. The summed E-state index contributed by atoms with van der Waals surface area (Å²) in [5.74, 6) is 0. The normalized spacial score (nSPS) is 13.0. The zero-order chi connectivity index (χ0) is 9.97. The Morgan fingerprint density at radius 2 is 1.86 bits per heavy atom. The highest BCUT2D eigenvalue weighted by Crippen LogP contribution is 2.16. The molecule has 1 N–H and O–H groups in total. The van der Waals surface area contributed by atoms with Gasteiger partial charge in [-0.2, -0.15) is 0 Å². The van der Waals surface area contributed by atoms with Crippen LogP contribution in [0.4, 0.5) is 0 Å². The largest absolute Gasteiger partial charge is 0.313 e. The molecule has 0 saturated heterocycles. The second-order valence-electron chi connectivity index (χ2n) is 3.31. The van der Waals surface area contributed by atoms with Crippen LogP contribution in [0, 0.1) is 0 Å². The van der Waals surface area contributed by atoms with E-state index in [9.17, 15) is 0 Å². The maximum atomic E-state index is 4.27. The van der Waals surface area contributed by atoms with E-state index >= 15 is 0 Å². The van der Waals surface area contributed by atoms with E-state index in [4.69, 9.17) is 0 Å². The van der Waals surface area contributed by atoms with Gasteiger partial charge in [-0.3, -0.25) is 9.97 Å². The number of nitrogens with zero attached hydrogens (tertiary/aromatic N) is 2. The third-order valence-corrected chi connectivity index (χ3v) is 2.43. The highest BCUT2D eigenvalue weighted by atomic mass is 14.9. The van der Waals surface area contributed by atoms with Crippen LogP contribution in [0.15, 0.2) is 30.6 Å². The molecular formula is C11H13N3. The van der Waals surface area contributed by atoms with E-state index in [1.54, 1.807) is 12.4 Å².